The molecule has 0 bridgehead atoms. The lowest BCUT2D eigenvalue weighted by atomic mass is 10.1. The second-order valence-electron chi connectivity index (χ2n) is 4.57. The van der Waals surface area contributed by atoms with Crippen molar-refractivity contribution < 1.29 is 9.53 Å². The van der Waals surface area contributed by atoms with Crippen LogP contribution < -0.4 is 5.32 Å². The topological polar surface area (TPSA) is 41.6 Å². The molecule has 1 amide bonds. The number of carbonyl (C=O) groups is 1. The van der Waals surface area contributed by atoms with Gasteiger partial charge in [-0.05, 0) is 25.8 Å². The molecule has 86 valence electrons. The largest absolute Gasteiger partial charge is 0.381 e. The van der Waals surface area contributed by atoms with Gasteiger partial charge in [-0.1, -0.05) is 0 Å². The van der Waals surface area contributed by atoms with E-state index in [9.17, 15) is 4.79 Å². The maximum atomic E-state index is 12.0. The third-order valence-electron chi connectivity index (χ3n) is 3.31. The monoisotopic (exact) mass is 212 g/mol. The van der Waals surface area contributed by atoms with Gasteiger partial charge in [0, 0.05) is 26.2 Å². The van der Waals surface area contributed by atoms with Gasteiger partial charge in [0.05, 0.1) is 12.5 Å². The predicted molar refractivity (Wildman–Crippen MR) is 57.6 cm³/mol. The fourth-order valence-electron chi connectivity index (χ4n) is 2.37. The van der Waals surface area contributed by atoms with E-state index in [2.05, 4.69) is 5.32 Å². The summed E-state index contributed by atoms with van der Waals surface area (Å²) in [5.41, 5.74) is 0. The molecule has 2 aliphatic rings. The molecule has 2 heterocycles. The van der Waals surface area contributed by atoms with Crippen molar-refractivity contribution in [2.75, 3.05) is 33.4 Å². The van der Waals surface area contributed by atoms with Crippen molar-refractivity contribution in [1.82, 2.24) is 10.2 Å². The van der Waals surface area contributed by atoms with Crippen LogP contribution >= 0.6 is 0 Å². The molecule has 0 radical (unpaired) electrons. The number of rotatable bonds is 3. The van der Waals surface area contributed by atoms with Gasteiger partial charge in [-0.3, -0.25) is 4.79 Å². The van der Waals surface area contributed by atoms with Crippen LogP contribution in [0.15, 0.2) is 0 Å². The van der Waals surface area contributed by atoms with E-state index in [0.29, 0.717) is 12.6 Å². The summed E-state index contributed by atoms with van der Waals surface area (Å²) in [7, 11) is 1.90. The number of nitrogens with one attached hydrogen (secondary N) is 1. The molecule has 2 unspecified atom stereocenters. The quantitative estimate of drug-likeness (QED) is 0.728. The van der Waals surface area contributed by atoms with Crippen molar-refractivity contribution in [2.24, 2.45) is 5.92 Å². The average Bonchev–Trinajstić information content (AvgIpc) is 2.88. The molecule has 2 atom stereocenters. The van der Waals surface area contributed by atoms with E-state index in [4.69, 9.17) is 4.74 Å². The first-order chi connectivity index (χ1) is 7.27. The minimum atomic E-state index is 0.108. The molecule has 4 heteroatoms. The number of likely N-dealkylation sites (N-methyl/N-ethyl adjacent to an activating group) is 1. The molecule has 1 N–H and O–H groups in total. The highest BCUT2D eigenvalue weighted by Gasteiger charge is 2.27. The molecule has 0 aromatic carbocycles. The lowest BCUT2D eigenvalue weighted by Crippen LogP contribution is -2.41. The Morgan fingerprint density at radius 1 is 1.53 bits per heavy atom. The summed E-state index contributed by atoms with van der Waals surface area (Å²) in [4.78, 5) is 13.8. The Morgan fingerprint density at radius 2 is 2.40 bits per heavy atom. The Hall–Kier alpha value is -0.610. The van der Waals surface area contributed by atoms with Crippen molar-refractivity contribution >= 4 is 5.91 Å². The summed E-state index contributed by atoms with van der Waals surface area (Å²) in [6.07, 6.45) is 3.32. The average molecular weight is 212 g/mol. The van der Waals surface area contributed by atoms with E-state index < -0.39 is 0 Å². The van der Waals surface area contributed by atoms with Gasteiger partial charge in [0.15, 0.2) is 0 Å². The van der Waals surface area contributed by atoms with Gasteiger partial charge in [0.25, 0.3) is 0 Å². The van der Waals surface area contributed by atoms with Crippen LogP contribution in [0.5, 0.6) is 0 Å². The summed E-state index contributed by atoms with van der Waals surface area (Å²) in [6, 6.07) is 0.501. The van der Waals surface area contributed by atoms with E-state index in [1.807, 2.05) is 11.9 Å². The van der Waals surface area contributed by atoms with E-state index in [1.54, 1.807) is 0 Å². The SMILES string of the molecule is CN(CC1CCCN1)C(=O)C1CCOC1. The van der Waals surface area contributed by atoms with Crippen LogP contribution in [0, 0.1) is 5.92 Å². The van der Waals surface area contributed by atoms with Gasteiger partial charge in [-0.25, -0.2) is 0 Å². The molecular formula is C11H20N2O2. The highest BCUT2D eigenvalue weighted by Crippen LogP contribution is 2.16. The van der Waals surface area contributed by atoms with E-state index in [1.165, 1.54) is 12.8 Å². The van der Waals surface area contributed by atoms with Crippen LogP contribution in [0.2, 0.25) is 0 Å². The summed E-state index contributed by atoms with van der Waals surface area (Å²) < 4.78 is 5.24. The van der Waals surface area contributed by atoms with Crippen molar-refractivity contribution in [1.29, 1.82) is 0 Å². The first-order valence-electron chi connectivity index (χ1n) is 5.83. The summed E-state index contributed by atoms with van der Waals surface area (Å²) in [6.45, 7) is 3.29. The van der Waals surface area contributed by atoms with Crippen LogP contribution in [0.25, 0.3) is 0 Å². The zero-order chi connectivity index (χ0) is 10.7. The molecule has 2 aliphatic heterocycles. The Balaban J connectivity index is 1.78. The van der Waals surface area contributed by atoms with Gasteiger partial charge in [0.1, 0.15) is 0 Å². The van der Waals surface area contributed by atoms with E-state index in [-0.39, 0.29) is 11.8 Å². The fourth-order valence-corrected chi connectivity index (χ4v) is 2.37. The third-order valence-corrected chi connectivity index (χ3v) is 3.31. The maximum absolute atomic E-state index is 12.0. The Morgan fingerprint density at radius 3 is 3.00 bits per heavy atom. The zero-order valence-corrected chi connectivity index (χ0v) is 9.37. The molecule has 0 aromatic heterocycles. The molecule has 0 aromatic rings. The molecule has 2 fully saturated rings. The van der Waals surface area contributed by atoms with Crippen molar-refractivity contribution in [3.05, 3.63) is 0 Å². The second-order valence-corrected chi connectivity index (χ2v) is 4.57. The summed E-state index contributed by atoms with van der Waals surface area (Å²) >= 11 is 0. The number of amides is 1. The smallest absolute Gasteiger partial charge is 0.227 e. The van der Waals surface area contributed by atoms with Crippen LogP contribution in [-0.4, -0.2) is 50.2 Å². The number of carbonyl (C=O) groups excluding carboxylic acids is 1. The van der Waals surface area contributed by atoms with Crippen LogP contribution in [0.3, 0.4) is 0 Å². The maximum Gasteiger partial charge on any atom is 0.227 e. The summed E-state index contributed by atoms with van der Waals surface area (Å²) in [5.74, 6) is 0.359. The normalized spacial score (nSPS) is 30.7. The lowest BCUT2D eigenvalue weighted by molar-refractivity contribution is -0.134. The number of hydrogen-bond donors (Lipinski definition) is 1. The van der Waals surface area contributed by atoms with E-state index >= 15 is 0 Å². The van der Waals surface area contributed by atoms with Gasteiger partial charge >= 0.3 is 0 Å². The van der Waals surface area contributed by atoms with Crippen LogP contribution in [0.4, 0.5) is 0 Å². The van der Waals surface area contributed by atoms with Crippen LogP contribution in [0.1, 0.15) is 19.3 Å². The minimum absolute atomic E-state index is 0.108. The van der Waals surface area contributed by atoms with E-state index in [0.717, 1.165) is 26.1 Å². The number of nitrogens with zero attached hydrogens (tertiary/aromatic N) is 1. The molecule has 0 spiro atoms. The Bertz CT molecular complexity index is 221. The molecule has 2 saturated heterocycles. The first-order valence-corrected chi connectivity index (χ1v) is 5.83. The van der Waals surface area contributed by atoms with Crippen molar-refractivity contribution in [3.63, 3.8) is 0 Å². The molecule has 2 rings (SSSR count). The Kier molecular flexibility index (Phi) is 3.59. The van der Waals surface area contributed by atoms with Crippen molar-refractivity contribution in [2.45, 2.75) is 25.3 Å². The number of ether oxygens (including phenoxy) is 1. The molecule has 0 aliphatic carbocycles. The van der Waals surface area contributed by atoms with Gasteiger partial charge < -0.3 is 15.0 Å². The Labute approximate surface area is 91.0 Å². The lowest BCUT2D eigenvalue weighted by Gasteiger charge is -2.23. The molecule has 4 nitrogen and oxygen atoms in total. The minimum Gasteiger partial charge on any atom is -0.381 e. The zero-order valence-electron chi connectivity index (χ0n) is 9.37. The predicted octanol–water partition coefficient (Wildman–Crippen LogP) is 0.233. The first kappa shape index (κ1) is 10.9. The summed E-state index contributed by atoms with van der Waals surface area (Å²) in [5, 5.41) is 3.41. The number of hydrogen-bond acceptors (Lipinski definition) is 3. The van der Waals surface area contributed by atoms with Gasteiger partial charge in [0.2, 0.25) is 5.91 Å². The van der Waals surface area contributed by atoms with Crippen LogP contribution in [-0.2, 0) is 9.53 Å². The molecule has 0 saturated carbocycles. The second kappa shape index (κ2) is 4.94. The highest BCUT2D eigenvalue weighted by atomic mass is 16.5. The van der Waals surface area contributed by atoms with Gasteiger partial charge in [-0.2, -0.15) is 0 Å². The van der Waals surface area contributed by atoms with Crippen molar-refractivity contribution in [3.8, 4) is 0 Å². The van der Waals surface area contributed by atoms with Gasteiger partial charge in [-0.15, -0.1) is 0 Å². The third kappa shape index (κ3) is 2.69. The fraction of sp³-hybridized carbons (Fsp3) is 0.909. The highest BCUT2D eigenvalue weighted by molar-refractivity contribution is 5.79. The standard InChI is InChI=1S/C11H20N2O2/c1-13(7-10-3-2-5-12-10)11(14)9-4-6-15-8-9/h9-10,12H,2-8H2,1H3. The molecule has 15 heavy (non-hydrogen) atoms. The molecular weight excluding hydrogens is 192 g/mol.